The molecule has 0 fully saturated rings. The van der Waals surface area contributed by atoms with Crippen molar-refractivity contribution in [2.45, 2.75) is 39.9 Å². The van der Waals surface area contributed by atoms with Gasteiger partial charge in [-0.15, -0.1) is 22.7 Å². The molecule has 2 aromatic rings. The van der Waals surface area contributed by atoms with Crippen molar-refractivity contribution in [3.05, 3.63) is 33.5 Å². The predicted octanol–water partition coefficient (Wildman–Crippen LogP) is 4.05. The molecule has 0 amide bonds. The molecule has 0 aliphatic heterocycles. The molecule has 3 nitrogen and oxygen atoms in total. The van der Waals surface area contributed by atoms with Gasteiger partial charge in [0.1, 0.15) is 0 Å². The molecular weight excluding hydrogens is 274 g/mol. The van der Waals surface area contributed by atoms with Crippen molar-refractivity contribution in [2.75, 3.05) is 11.9 Å². The minimum Gasteiger partial charge on any atom is -0.362 e. The Bertz CT molecular complexity index is 477. The Labute approximate surface area is 123 Å². The standard InChI is InChI=1S/C14H21N3S2/c1-4-15-14-16-8-13(19-14)10-17(11(2)3)9-12-6-5-7-18-12/h5-8,11H,4,9-10H2,1-3H3,(H,15,16). The second-order valence-electron chi connectivity index (χ2n) is 4.74. The molecule has 0 saturated heterocycles. The van der Waals surface area contributed by atoms with Gasteiger partial charge in [0.25, 0.3) is 0 Å². The van der Waals surface area contributed by atoms with Crippen LogP contribution in [-0.2, 0) is 13.1 Å². The van der Waals surface area contributed by atoms with Crippen LogP contribution in [0, 0.1) is 0 Å². The molecule has 2 heterocycles. The first-order valence-electron chi connectivity index (χ1n) is 6.64. The molecule has 0 aromatic carbocycles. The van der Waals surface area contributed by atoms with E-state index in [0.29, 0.717) is 6.04 Å². The molecule has 0 aliphatic rings. The Balaban J connectivity index is 1.99. The first-order chi connectivity index (χ1) is 9.19. The lowest BCUT2D eigenvalue weighted by atomic mass is 10.3. The number of aromatic nitrogens is 1. The van der Waals surface area contributed by atoms with E-state index in [1.807, 2.05) is 17.5 Å². The van der Waals surface area contributed by atoms with Gasteiger partial charge in [-0.2, -0.15) is 0 Å². The van der Waals surface area contributed by atoms with Gasteiger partial charge in [0.2, 0.25) is 0 Å². The van der Waals surface area contributed by atoms with E-state index in [0.717, 1.165) is 24.8 Å². The lowest BCUT2D eigenvalue weighted by Crippen LogP contribution is -2.29. The van der Waals surface area contributed by atoms with Crippen LogP contribution in [0.4, 0.5) is 5.13 Å². The summed E-state index contributed by atoms with van der Waals surface area (Å²) in [5.41, 5.74) is 0. The molecule has 0 radical (unpaired) electrons. The fourth-order valence-electron chi connectivity index (χ4n) is 1.84. The van der Waals surface area contributed by atoms with Gasteiger partial charge in [0.05, 0.1) is 0 Å². The third-order valence-electron chi connectivity index (χ3n) is 2.91. The summed E-state index contributed by atoms with van der Waals surface area (Å²) < 4.78 is 0. The minimum atomic E-state index is 0.534. The highest BCUT2D eigenvalue weighted by atomic mass is 32.1. The Hall–Kier alpha value is -0.910. The number of thiazole rings is 1. The van der Waals surface area contributed by atoms with Crippen molar-refractivity contribution in [3.63, 3.8) is 0 Å². The molecule has 19 heavy (non-hydrogen) atoms. The number of anilines is 1. The molecule has 104 valence electrons. The molecule has 0 spiro atoms. The normalized spacial score (nSPS) is 11.4. The van der Waals surface area contributed by atoms with Gasteiger partial charge < -0.3 is 5.32 Å². The summed E-state index contributed by atoms with van der Waals surface area (Å²) in [5, 5.41) is 6.43. The van der Waals surface area contributed by atoms with E-state index in [9.17, 15) is 0 Å². The summed E-state index contributed by atoms with van der Waals surface area (Å²) in [6.45, 7) is 9.51. The van der Waals surface area contributed by atoms with E-state index >= 15 is 0 Å². The average Bonchev–Trinajstić information content (AvgIpc) is 3.01. The zero-order valence-corrected chi connectivity index (χ0v) is 13.4. The zero-order valence-electron chi connectivity index (χ0n) is 11.7. The third kappa shape index (κ3) is 4.30. The number of thiophene rings is 1. The maximum atomic E-state index is 4.40. The quantitative estimate of drug-likeness (QED) is 0.835. The van der Waals surface area contributed by atoms with Crippen LogP contribution >= 0.6 is 22.7 Å². The molecular formula is C14H21N3S2. The molecule has 2 rings (SSSR count). The molecule has 0 unspecified atom stereocenters. The summed E-state index contributed by atoms with van der Waals surface area (Å²) in [4.78, 5) is 9.62. The Morgan fingerprint density at radius 2 is 2.11 bits per heavy atom. The van der Waals surface area contributed by atoms with Gasteiger partial charge >= 0.3 is 0 Å². The molecule has 2 aromatic heterocycles. The van der Waals surface area contributed by atoms with Crippen molar-refractivity contribution in [3.8, 4) is 0 Å². The molecule has 0 saturated carbocycles. The first kappa shape index (κ1) is 14.5. The number of hydrogen-bond acceptors (Lipinski definition) is 5. The minimum absolute atomic E-state index is 0.534. The molecule has 5 heteroatoms. The number of nitrogens with zero attached hydrogens (tertiary/aromatic N) is 2. The Kier molecular flexibility index (Phi) is 5.36. The van der Waals surface area contributed by atoms with Crippen LogP contribution in [-0.4, -0.2) is 22.5 Å². The van der Waals surface area contributed by atoms with Crippen LogP contribution in [0.3, 0.4) is 0 Å². The predicted molar refractivity (Wildman–Crippen MR) is 85.0 cm³/mol. The highest BCUT2D eigenvalue weighted by molar-refractivity contribution is 7.15. The van der Waals surface area contributed by atoms with E-state index in [1.165, 1.54) is 9.75 Å². The fraction of sp³-hybridized carbons (Fsp3) is 0.500. The monoisotopic (exact) mass is 295 g/mol. The van der Waals surface area contributed by atoms with E-state index < -0.39 is 0 Å². The van der Waals surface area contributed by atoms with Gasteiger partial charge in [0, 0.05) is 41.6 Å². The van der Waals surface area contributed by atoms with E-state index in [4.69, 9.17) is 0 Å². The first-order valence-corrected chi connectivity index (χ1v) is 8.33. The Morgan fingerprint density at radius 1 is 1.32 bits per heavy atom. The van der Waals surface area contributed by atoms with Crippen molar-refractivity contribution in [1.82, 2.24) is 9.88 Å². The molecule has 0 atom stereocenters. The van der Waals surface area contributed by atoms with E-state index in [2.05, 4.69) is 53.5 Å². The van der Waals surface area contributed by atoms with Crippen molar-refractivity contribution in [1.29, 1.82) is 0 Å². The van der Waals surface area contributed by atoms with Gasteiger partial charge in [-0.3, -0.25) is 4.90 Å². The second kappa shape index (κ2) is 7.03. The van der Waals surface area contributed by atoms with Gasteiger partial charge in [0.15, 0.2) is 5.13 Å². The third-order valence-corrected chi connectivity index (χ3v) is 4.71. The van der Waals surface area contributed by atoms with Gasteiger partial charge in [-0.25, -0.2) is 4.98 Å². The average molecular weight is 295 g/mol. The number of nitrogens with one attached hydrogen (secondary N) is 1. The van der Waals surface area contributed by atoms with Crippen LogP contribution < -0.4 is 5.32 Å². The summed E-state index contributed by atoms with van der Waals surface area (Å²) in [5.74, 6) is 0. The lowest BCUT2D eigenvalue weighted by molar-refractivity contribution is 0.207. The summed E-state index contributed by atoms with van der Waals surface area (Å²) >= 11 is 3.58. The Morgan fingerprint density at radius 3 is 2.74 bits per heavy atom. The maximum Gasteiger partial charge on any atom is 0.182 e. The molecule has 1 N–H and O–H groups in total. The van der Waals surface area contributed by atoms with Crippen molar-refractivity contribution in [2.24, 2.45) is 0 Å². The van der Waals surface area contributed by atoms with E-state index in [1.54, 1.807) is 11.3 Å². The summed E-state index contributed by atoms with van der Waals surface area (Å²) in [6, 6.07) is 4.86. The number of hydrogen-bond donors (Lipinski definition) is 1. The van der Waals surface area contributed by atoms with Crippen molar-refractivity contribution >= 4 is 27.8 Å². The van der Waals surface area contributed by atoms with Crippen LogP contribution in [0.5, 0.6) is 0 Å². The number of rotatable bonds is 7. The zero-order chi connectivity index (χ0) is 13.7. The second-order valence-corrected chi connectivity index (χ2v) is 6.89. The van der Waals surface area contributed by atoms with Crippen LogP contribution in [0.15, 0.2) is 23.7 Å². The SMILES string of the molecule is CCNc1ncc(CN(Cc2cccs2)C(C)C)s1. The van der Waals surface area contributed by atoms with Crippen LogP contribution in [0.1, 0.15) is 30.5 Å². The van der Waals surface area contributed by atoms with Gasteiger partial charge in [-0.1, -0.05) is 6.07 Å². The molecule has 0 aliphatic carbocycles. The largest absolute Gasteiger partial charge is 0.362 e. The molecule has 0 bridgehead atoms. The summed E-state index contributed by atoms with van der Waals surface area (Å²) in [6.07, 6.45) is 1.99. The maximum absolute atomic E-state index is 4.40. The van der Waals surface area contributed by atoms with Crippen LogP contribution in [0.25, 0.3) is 0 Å². The van der Waals surface area contributed by atoms with Gasteiger partial charge in [-0.05, 0) is 32.2 Å². The van der Waals surface area contributed by atoms with Crippen molar-refractivity contribution < 1.29 is 0 Å². The topological polar surface area (TPSA) is 28.2 Å². The highest BCUT2D eigenvalue weighted by Gasteiger charge is 2.13. The van der Waals surface area contributed by atoms with E-state index in [-0.39, 0.29) is 0 Å². The lowest BCUT2D eigenvalue weighted by Gasteiger charge is -2.25. The summed E-state index contributed by atoms with van der Waals surface area (Å²) in [7, 11) is 0. The van der Waals surface area contributed by atoms with Crippen LogP contribution in [0.2, 0.25) is 0 Å². The smallest absolute Gasteiger partial charge is 0.182 e. The fourth-order valence-corrected chi connectivity index (χ4v) is 3.47. The highest BCUT2D eigenvalue weighted by Crippen LogP contribution is 2.22.